The lowest BCUT2D eigenvalue weighted by atomic mass is 10.3. The second-order valence-corrected chi connectivity index (χ2v) is 4.73. The number of aryl methyl sites for hydroxylation is 1. The van der Waals surface area contributed by atoms with E-state index in [1.807, 2.05) is 6.92 Å². The Morgan fingerprint density at radius 3 is 2.69 bits per heavy atom. The van der Waals surface area contributed by atoms with Crippen LogP contribution in [0, 0.1) is 12.7 Å². The van der Waals surface area contributed by atoms with E-state index < -0.39 is 0 Å². The largest absolute Gasteiger partial charge is 0.368 e. The number of rotatable bonds is 6. The van der Waals surface area contributed by atoms with Gasteiger partial charge in [0.25, 0.3) is 0 Å². The molecule has 0 aliphatic rings. The summed E-state index contributed by atoms with van der Waals surface area (Å²) in [4.78, 5) is 8.32. The topological polar surface area (TPSA) is 37.8 Å². The van der Waals surface area contributed by atoms with Crippen LogP contribution in [0.2, 0.25) is 0 Å². The van der Waals surface area contributed by atoms with Gasteiger partial charge in [0.1, 0.15) is 5.82 Å². The average Bonchev–Trinajstić information content (AvgIpc) is 2.28. The van der Waals surface area contributed by atoms with Gasteiger partial charge in [-0.05, 0) is 19.1 Å². The summed E-state index contributed by atoms with van der Waals surface area (Å²) in [5.41, 5.74) is 0.417. The van der Waals surface area contributed by atoms with E-state index in [1.165, 1.54) is 0 Å². The van der Waals surface area contributed by atoms with E-state index in [0.717, 1.165) is 24.5 Å². The second kappa shape index (κ2) is 6.68. The fourth-order valence-electron chi connectivity index (χ4n) is 1.24. The molecule has 0 spiro atoms. The molecule has 0 bridgehead atoms. The minimum atomic E-state index is -0.335. The molecule has 0 saturated heterocycles. The smallest absolute Gasteiger partial charge is 0.186 e. The van der Waals surface area contributed by atoms with Crippen LogP contribution < -0.4 is 5.32 Å². The summed E-state index contributed by atoms with van der Waals surface area (Å²) in [6.45, 7) is 6.52. The second-order valence-electron chi connectivity index (χ2n) is 3.45. The zero-order valence-electron chi connectivity index (χ0n) is 10.0. The SMILES string of the molecule is CCCNc1nc(CSCC)nc(C)c1F. The number of thioether (sulfide) groups is 1. The van der Waals surface area contributed by atoms with Gasteiger partial charge in [0.15, 0.2) is 11.6 Å². The maximum atomic E-state index is 13.6. The van der Waals surface area contributed by atoms with E-state index in [0.29, 0.717) is 17.3 Å². The lowest BCUT2D eigenvalue weighted by Gasteiger charge is -2.09. The third-order valence-electron chi connectivity index (χ3n) is 2.04. The molecular weight excluding hydrogens is 225 g/mol. The van der Waals surface area contributed by atoms with Crippen molar-refractivity contribution in [2.75, 3.05) is 17.6 Å². The van der Waals surface area contributed by atoms with E-state index in [9.17, 15) is 4.39 Å². The lowest BCUT2D eigenvalue weighted by molar-refractivity contribution is 0.601. The van der Waals surface area contributed by atoms with Crippen molar-refractivity contribution in [3.63, 3.8) is 0 Å². The van der Waals surface area contributed by atoms with E-state index in [-0.39, 0.29) is 5.82 Å². The Morgan fingerprint density at radius 2 is 2.06 bits per heavy atom. The number of hydrogen-bond acceptors (Lipinski definition) is 4. The van der Waals surface area contributed by atoms with Crippen molar-refractivity contribution in [1.29, 1.82) is 0 Å². The predicted octanol–water partition coefficient (Wildman–Crippen LogP) is 3.00. The van der Waals surface area contributed by atoms with Crippen molar-refractivity contribution >= 4 is 17.6 Å². The summed E-state index contributed by atoms with van der Waals surface area (Å²) in [5, 5.41) is 2.98. The number of aromatic nitrogens is 2. The molecule has 1 heterocycles. The van der Waals surface area contributed by atoms with Crippen molar-refractivity contribution in [2.45, 2.75) is 32.9 Å². The number of halogens is 1. The maximum Gasteiger partial charge on any atom is 0.186 e. The molecule has 0 aromatic carbocycles. The fraction of sp³-hybridized carbons (Fsp3) is 0.636. The van der Waals surface area contributed by atoms with Gasteiger partial charge < -0.3 is 5.32 Å². The number of hydrogen-bond donors (Lipinski definition) is 1. The van der Waals surface area contributed by atoms with Crippen LogP contribution in [0.15, 0.2) is 0 Å². The van der Waals surface area contributed by atoms with Crippen molar-refractivity contribution in [3.05, 3.63) is 17.3 Å². The molecule has 0 fully saturated rings. The van der Waals surface area contributed by atoms with Gasteiger partial charge in [0.2, 0.25) is 0 Å². The van der Waals surface area contributed by atoms with Crippen LogP contribution in [-0.4, -0.2) is 22.3 Å². The quantitative estimate of drug-likeness (QED) is 0.833. The highest BCUT2D eigenvalue weighted by molar-refractivity contribution is 7.98. The zero-order valence-corrected chi connectivity index (χ0v) is 10.8. The van der Waals surface area contributed by atoms with Gasteiger partial charge in [-0.25, -0.2) is 14.4 Å². The highest BCUT2D eigenvalue weighted by atomic mass is 32.2. The first kappa shape index (κ1) is 13.2. The van der Waals surface area contributed by atoms with E-state index in [1.54, 1.807) is 18.7 Å². The van der Waals surface area contributed by atoms with Crippen LogP contribution in [0.25, 0.3) is 0 Å². The molecular formula is C11H18FN3S. The third kappa shape index (κ3) is 3.63. The molecule has 1 aromatic rings. The minimum Gasteiger partial charge on any atom is -0.368 e. The lowest BCUT2D eigenvalue weighted by Crippen LogP contribution is -2.09. The first-order chi connectivity index (χ1) is 7.69. The minimum absolute atomic E-state index is 0.334. The van der Waals surface area contributed by atoms with Crippen LogP contribution in [0.5, 0.6) is 0 Å². The van der Waals surface area contributed by atoms with Crippen LogP contribution >= 0.6 is 11.8 Å². The first-order valence-electron chi connectivity index (χ1n) is 5.53. The van der Waals surface area contributed by atoms with Crippen LogP contribution in [0.3, 0.4) is 0 Å². The maximum absolute atomic E-state index is 13.6. The Kier molecular flexibility index (Phi) is 5.52. The van der Waals surface area contributed by atoms with Gasteiger partial charge in [0, 0.05) is 6.54 Å². The summed E-state index contributed by atoms with van der Waals surface area (Å²) in [5.74, 6) is 2.44. The third-order valence-corrected chi connectivity index (χ3v) is 2.91. The molecule has 0 amide bonds. The molecule has 90 valence electrons. The Morgan fingerprint density at radius 1 is 1.31 bits per heavy atom. The highest BCUT2D eigenvalue weighted by Gasteiger charge is 2.10. The first-order valence-corrected chi connectivity index (χ1v) is 6.69. The van der Waals surface area contributed by atoms with E-state index in [4.69, 9.17) is 0 Å². The molecule has 0 saturated carbocycles. The summed E-state index contributed by atoms with van der Waals surface area (Å²) < 4.78 is 13.6. The van der Waals surface area contributed by atoms with Crippen molar-refractivity contribution in [1.82, 2.24) is 9.97 Å². The molecule has 0 unspecified atom stereocenters. The molecule has 5 heteroatoms. The molecule has 1 rings (SSSR count). The van der Waals surface area contributed by atoms with Crippen LogP contribution in [0.4, 0.5) is 10.2 Å². The van der Waals surface area contributed by atoms with Crippen LogP contribution in [0.1, 0.15) is 31.8 Å². The number of anilines is 1. The monoisotopic (exact) mass is 243 g/mol. The summed E-state index contributed by atoms with van der Waals surface area (Å²) in [7, 11) is 0. The summed E-state index contributed by atoms with van der Waals surface area (Å²) in [6, 6.07) is 0. The molecule has 16 heavy (non-hydrogen) atoms. The van der Waals surface area contributed by atoms with Gasteiger partial charge in [-0.3, -0.25) is 0 Å². The Bertz CT molecular complexity index is 344. The molecule has 3 nitrogen and oxygen atoms in total. The van der Waals surface area contributed by atoms with Gasteiger partial charge in [-0.2, -0.15) is 11.8 Å². The van der Waals surface area contributed by atoms with Gasteiger partial charge in [0.05, 0.1) is 11.4 Å². The molecule has 0 aliphatic carbocycles. The molecule has 0 atom stereocenters. The van der Waals surface area contributed by atoms with Crippen LogP contribution in [-0.2, 0) is 5.75 Å². The zero-order chi connectivity index (χ0) is 12.0. The average molecular weight is 243 g/mol. The number of nitrogens with one attached hydrogen (secondary N) is 1. The standard InChI is InChI=1S/C11H18FN3S/c1-4-6-13-11-10(12)8(3)14-9(15-11)7-16-5-2/h4-7H2,1-3H3,(H,13,14,15). The molecule has 0 aliphatic heterocycles. The predicted molar refractivity (Wildman–Crippen MR) is 67.3 cm³/mol. The van der Waals surface area contributed by atoms with E-state index >= 15 is 0 Å². The number of nitrogens with zero attached hydrogens (tertiary/aromatic N) is 2. The van der Waals surface area contributed by atoms with Crippen molar-refractivity contribution in [3.8, 4) is 0 Å². The Balaban J connectivity index is 2.83. The molecule has 0 radical (unpaired) electrons. The van der Waals surface area contributed by atoms with Crippen molar-refractivity contribution < 1.29 is 4.39 Å². The normalized spacial score (nSPS) is 10.5. The summed E-state index contributed by atoms with van der Waals surface area (Å²) in [6.07, 6.45) is 0.946. The fourth-order valence-corrected chi connectivity index (χ4v) is 1.75. The van der Waals surface area contributed by atoms with E-state index in [2.05, 4.69) is 22.2 Å². The molecule has 1 N–H and O–H groups in total. The van der Waals surface area contributed by atoms with Gasteiger partial charge in [-0.15, -0.1) is 0 Å². The van der Waals surface area contributed by atoms with Crippen molar-refractivity contribution in [2.24, 2.45) is 0 Å². The summed E-state index contributed by atoms with van der Waals surface area (Å²) >= 11 is 1.73. The highest BCUT2D eigenvalue weighted by Crippen LogP contribution is 2.16. The van der Waals surface area contributed by atoms with Gasteiger partial charge in [-0.1, -0.05) is 13.8 Å². The molecule has 1 aromatic heterocycles. The Labute approximate surface area is 100 Å². The Hall–Kier alpha value is -0.840. The van der Waals surface area contributed by atoms with Gasteiger partial charge >= 0.3 is 0 Å².